The number of carbonyl (C=O) groups excluding carboxylic acids is 1. The SMILES string of the molecule is N=[S-](=O)c1cccc(Nc2ncc3ccc4sc(C=O)cc4c3n2)c1. The Hall–Kier alpha value is -2.84. The van der Waals surface area contributed by atoms with E-state index in [2.05, 4.69) is 15.3 Å². The monoisotopic (exact) mass is 367 g/mol. The Labute approximate surface area is 148 Å². The number of thiophene rings is 1. The van der Waals surface area contributed by atoms with E-state index in [0.29, 0.717) is 21.4 Å². The fourth-order valence-corrected chi connectivity index (χ4v) is 3.88. The van der Waals surface area contributed by atoms with Gasteiger partial charge in [0.05, 0.1) is 10.4 Å². The van der Waals surface area contributed by atoms with Crippen molar-refractivity contribution in [2.24, 2.45) is 0 Å². The molecule has 0 atom stereocenters. The van der Waals surface area contributed by atoms with Gasteiger partial charge in [-0.3, -0.25) is 4.79 Å². The maximum atomic E-state index is 11.3. The number of benzene rings is 2. The highest BCUT2D eigenvalue weighted by atomic mass is 32.2. The molecule has 0 saturated heterocycles. The molecule has 0 unspecified atom stereocenters. The zero-order chi connectivity index (χ0) is 17.4. The lowest BCUT2D eigenvalue weighted by Gasteiger charge is -2.09. The summed E-state index contributed by atoms with van der Waals surface area (Å²) in [5.41, 5.74) is 1.42. The van der Waals surface area contributed by atoms with Gasteiger partial charge in [-0.15, -0.1) is 11.3 Å². The van der Waals surface area contributed by atoms with Crippen LogP contribution in [-0.4, -0.2) is 16.3 Å². The highest BCUT2D eigenvalue weighted by Gasteiger charge is 2.08. The molecule has 2 aromatic heterocycles. The van der Waals surface area contributed by atoms with E-state index in [9.17, 15) is 9.00 Å². The fraction of sp³-hybridized carbons (Fsp3) is 0. The summed E-state index contributed by atoms with van der Waals surface area (Å²) in [4.78, 5) is 21.0. The highest BCUT2D eigenvalue weighted by Crippen LogP contribution is 2.31. The van der Waals surface area contributed by atoms with Gasteiger partial charge in [-0.25, -0.2) is 9.97 Å². The zero-order valence-electron chi connectivity index (χ0n) is 12.7. The molecule has 0 aliphatic heterocycles. The van der Waals surface area contributed by atoms with Crippen molar-refractivity contribution in [1.29, 1.82) is 4.78 Å². The number of aromatic nitrogens is 2. The molecule has 6 nitrogen and oxygen atoms in total. The average molecular weight is 367 g/mol. The summed E-state index contributed by atoms with van der Waals surface area (Å²) >= 11 is 1.42. The molecule has 0 amide bonds. The molecule has 0 bridgehead atoms. The largest absolute Gasteiger partial charge is 0.440 e. The van der Waals surface area contributed by atoms with Crippen LogP contribution in [0.15, 0.2) is 53.6 Å². The molecule has 4 aromatic rings. The van der Waals surface area contributed by atoms with Crippen LogP contribution in [0.2, 0.25) is 0 Å². The molecule has 4 rings (SSSR count). The van der Waals surface area contributed by atoms with Crippen molar-refractivity contribution < 1.29 is 9.00 Å². The third kappa shape index (κ3) is 2.97. The summed E-state index contributed by atoms with van der Waals surface area (Å²) in [6.45, 7) is 0. The molecule has 2 N–H and O–H groups in total. The quantitative estimate of drug-likeness (QED) is 0.409. The van der Waals surface area contributed by atoms with Crippen LogP contribution in [0.5, 0.6) is 0 Å². The molecule has 25 heavy (non-hydrogen) atoms. The zero-order valence-corrected chi connectivity index (χ0v) is 14.4. The first-order valence-corrected chi connectivity index (χ1v) is 9.25. The van der Waals surface area contributed by atoms with Crippen molar-refractivity contribution in [3.05, 3.63) is 53.5 Å². The average Bonchev–Trinajstić information content (AvgIpc) is 3.06. The highest BCUT2D eigenvalue weighted by molar-refractivity contribution is 7.73. The lowest BCUT2D eigenvalue weighted by atomic mass is 10.2. The number of hydrogen-bond donors (Lipinski definition) is 2. The lowest BCUT2D eigenvalue weighted by Crippen LogP contribution is -1.97. The molecule has 0 saturated carbocycles. The second-order valence-electron chi connectivity index (χ2n) is 5.30. The molecule has 0 radical (unpaired) electrons. The normalized spacial score (nSPS) is 11.2. The van der Waals surface area contributed by atoms with Crippen molar-refractivity contribution in [2.75, 3.05) is 5.32 Å². The maximum absolute atomic E-state index is 11.3. The number of aldehydes is 1. The van der Waals surface area contributed by atoms with Gasteiger partial charge in [-0.05, 0) is 24.3 Å². The van der Waals surface area contributed by atoms with Gasteiger partial charge in [0.15, 0.2) is 6.29 Å². The third-order valence-electron chi connectivity index (χ3n) is 3.69. The number of hydrogen-bond acceptors (Lipinski definition) is 8. The number of nitrogens with one attached hydrogen (secondary N) is 2. The van der Waals surface area contributed by atoms with E-state index in [1.807, 2.05) is 18.2 Å². The summed E-state index contributed by atoms with van der Waals surface area (Å²) in [6.07, 6.45) is 2.55. The van der Waals surface area contributed by atoms with E-state index in [1.54, 1.807) is 30.5 Å². The van der Waals surface area contributed by atoms with E-state index in [-0.39, 0.29) is 0 Å². The van der Waals surface area contributed by atoms with Crippen LogP contribution in [0.3, 0.4) is 0 Å². The van der Waals surface area contributed by atoms with Crippen molar-refractivity contribution in [3.8, 4) is 0 Å². The predicted molar refractivity (Wildman–Crippen MR) is 99.1 cm³/mol. The van der Waals surface area contributed by atoms with Gasteiger partial charge in [-0.1, -0.05) is 23.1 Å². The van der Waals surface area contributed by atoms with Crippen LogP contribution in [0.1, 0.15) is 9.67 Å². The van der Waals surface area contributed by atoms with Crippen molar-refractivity contribution >= 4 is 60.8 Å². The molecular formula is C17H11N4O2S2-. The Morgan fingerprint density at radius 1 is 1.20 bits per heavy atom. The summed E-state index contributed by atoms with van der Waals surface area (Å²) < 4.78 is 19.6. The van der Waals surface area contributed by atoms with E-state index in [4.69, 9.17) is 4.78 Å². The van der Waals surface area contributed by atoms with Crippen molar-refractivity contribution in [2.45, 2.75) is 4.90 Å². The Balaban J connectivity index is 1.80. The molecule has 0 spiro atoms. The van der Waals surface area contributed by atoms with Crippen molar-refractivity contribution in [1.82, 2.24) is 9.97 Å². The van der Waals surface area contributed by atoms with Gasteiger partial charge < -0.3 is 14.3 Å². The first kappa shape index (κ1) is 15.7. The maximum Gasteiger partial charge on any atom is 0.227 e. The number of anilines is 2. The molecule has 0 aliphatic carbocycles. The number of carbonyl (C=O) groups is 1. The minimum Gasteiger partial charge on any atom is -0.440 e. The Kier molecular flexibility index (Phi) is 3.90. The summed E-state index contributed by atoms with van der Waals surface area (Å²) in [6, 6.07) is 12.5. The first-order valence-electron chi connectivity index (χ1n) is 7.28. The van der Waals surface area contributed by atoms with Crippen LogP contribution in [0.4, 0.5) is 11.6 Å². The number of nitrogens with zero attached hydrogens (tertiary/aromatic N) is 2. The van der Waals surface area contributed by atoms with Crippen LogP contribution < -0.4 is 5.32 Å². The molecule has 8 heteroatoms. The van der Waals surface area contributed by atoms with Crippen LogP contribution in [0.25, 0.3) is 21.0 Å². The van der Waals surface area contributed by atoms with E-state index in [0.717, 1.165) is 27.3 Å². The minimum absolute atomic E-state index is 0.395. The van der Waals surface area contributed by atoms with Gasteiger partial charge in [0.25, 0.3) is 0 Å². The molecule has 2 heterocycles. The van der Waals surface area contributed by atoms with Gasteiger partial charge in [-0.2, -0.15) is 10.6 Å². The molecule has 124 valence electrons. The summed E-state index contributed by atoms with van der Waals surface area (Å²) in [5.74, 6) is 0.395. The van der Waals surface area contributed by atoms with E-state index >= 15 is 0 Å². The Bertz CT molecular complexity index is 1190. The minimum atomic E-state index is -1.80. The van der Waals surface area contributed by atoms with E-state index < -0.39 is 10.6 Å². The molecular weight excluding hydrogens is 356 g/mol. The Morgan fingerprint density at radius 2 is 2.08 bits per heavy atom. The van der Waals surface area contributed by atoms with E-state index in [1.165, 1.54) is 11.3 Å². The standard InChI is InChI=1S/C17H11N4O2S2/c18-25(23)13-3-1-2-11(6-13)20-17-19-8-10-4-5-15-14(16(10)21-17)7-12(9-22)24-15/h1-9,18H,(H,19,20,21)/q-1. The van der Waals surface area contributed by atoms with Crippen molar-refractivity contribution in [3.63, 3.8) is 0 Å². The predicted octanol–water partition coefficient (Wildman–Crippen LogP) is 4.49. The topological polar surface area (TPSA) is 95.8 Å². The summed E-state index contributed by atoms with van der Waals surface area (Å²) in [7, 11) is -1.80. The Morgan fingerprint density at radius 3 is 2.88 bits per heavy atom. The van der Waals surface area contributed by atoms with Gasteiger partial charge in [0.2, 0.25) is 5.95 Å². The number of fused-ring (bicyclic) bond motifs is 3. The second-order valence-corrected chi connectivity index (χ2v) is 7.42. The van der Waals surface area contributed by atoms with Gasteiger partial charge in [0.1, 0.15) is 0 Å². The van der Waals surface area contributed by atoms with Crippen LogP contribution >= 0.6 is 11.3 Å². The first-order chi connectivity index (χ1) is 12.1. The van der Waals surface area contributed by atoms with Crippen LogP contribution in [-0.2, 0) is 14.8 Å². The van der Waals surface area contributed by atoms with Gasteiger partial charge >= 0.3 is 0 Å². The summed E-state index contributed by atoms with van der Waals surface area (Å²) in [5, 5.41) is 4.87. The second kappa shape index (κ2) is 6.23. The smallest absolute Gasteiger partial charge is 0.227 e. The molecule has 0 fully saturated rings. The number of rotatable bonds is 4. The fourth-order valence-electron chi connectivity index (χ4n) is 2.56. The van der Waals surface area contributed by atoms with Gasteiger partial charge in [0, 0.05) is 27.4 Å². The molecule has 0 aliphatic rings. The lowest BCUT2D eigenvalue weighted by molar-refractivity contribution is 0.112. The van der Waals surface area contributed by atoms with Crippen LogP contribution in [0, 0.1) is 4.78 Å². The third-order valence-corrected chi connectivity index (χ3v) is 5.39. The molecule has 2 aromatic carbocycles.